The average Bonchev–Trinajstić information content (AvgIpc) is 2.80. The van der Waals surface area contributed by atoms with E-state index in [4.69, 9.17) is 30.3 Å². The van der Waals surface area contributed by atoms with E-state index in [1.165, 1.54) is 21.5 Å². The van der Waals surface area contributed by atoms with Crippen LogP contribution in [0.3, 0.4) is 0 Å². The van der Waals surface area contributed by atoms with Crippen molar-refractivity contribution in [3.63, 3.8) is 0 Å². The summed E-state index contributed by atoms with van der Waals surface area (Å²) in [5.74, 6) is 0. The zero-order valence-corrected chi connectivity index (χ0v) is 20.2. The van der Waals surface area contributed by atoms with Crippen molar-refractivity contribution in [3.8, 4) is 0 Å². The van der Waals surface area contributed by atoms with Crippen LogP contribution < -0.4 is 15.9 Å². The van der Waals surface area contributed by atoms with Crippen LogP contribution in [0.25, 0.3) is 0 Å². The molecule has 0 heterocycles. The Bertz CT molecular complexity index is 898. The SMILES string of the molecule is [Cl][Cu-]([Cl])[Cl].c1ccc(C[P+](c2ccccc2)(c2ccccc2)c2ccccc2)cc1. The van der Waals surface area contributed by atoms with E-state index in [0.717, 1.165) is 6.16 Å². The van der Waals surface area contributed by atoms with Crippen molar-refractivity contribution in [3.05, 3.63) is 127 Å². The van der Waals surface area contributed by atoms with Crippen LogP contribution in [0.1, 0.15) is 5.56 Å². The van der Waals surface area contributed by atoms with Gasteiger partial charge in [0.05, 0.1) is 6.16 Å². The Morgan fingerprint density at radius 3 is 1.03 bits per heavy atom. The minimum Gasteiger partial charge on any atom is -0.0622 e. The van der Waals surface area contributed by atoms with Crippen molar-refractivity contribution in [2.24, 2.45) is 0 Å². The van der Waals surface area contributed by atoms with Crippen molar-refractivity contribution in [2.45, 2.75) is 6.16 Å². The summed E-state index contributed by atoms with van der Waals surface area (Å²) in [6, 6.07) is 44.0. The van der Waals surface area contributed by atoms with Crippen LogP contribution in [0.15, 0.2) is 121 Å². The van der Waals surface area contributed by atoms with Crippen LogP contribution in [0, 0.1) is 0 Å². The molecule has 159 valence electrons. The third-order valence-electron chi connectivity index (χ3n) is 4.85. The van der Waals surface area contributed by atoms with Crippen LogP contribution in [0.4, 0.5) is 0 Å². The molecule has 0 unspecified atom stereocenters. The summed E-state index contributed by atoms with van der Waals surface area (Å²) in [6.45, 7) is 0. The van der Waals surface area contributed by atoms with E-state index in [0.29, 0.717) is 0 Å². The second kappa shape index (κ2) is 11.9. The van der Waals surface area contributed by atoms with Crippen molar-refractivity contribution in [2.75, 3.05) is 0 Å². The number of benzene rings is 4. The van der Waals surface area contributed by atoms with Crippen molar-refractivity contribution in [1.82, 2.24) is 0 Å². The number of hydrogen-bond donors (Lipinski definition) is 0. The van der Waals surface area contributed by atoms with Gasteiger partial charge in [-0.15, -0.1) is 0 Å². The predicted octanol–water partition coefficient (Wildman–Crippen LogP) is 7.25. The monoisotopic (exact) mass is 521 g/mol. The molecule has 0 aliphatic rings. The maximum atomic E-state index is 4.83. The van der Waals surface area contributed by atoms with Gasteiger partial charge >= 0.3 is 41.5 Å². The molecule has 4 aromatic rings. The van der Waals surface area contributed by atoms with Gasteiger partial charge in [0.2, 0.25) is 0 Å². The van der Waals surface area contributed by atoms with Gasteiger partial charge in [-0.3, -0.25) is 0 Å². The van der Waals surface area contributed by atoms with E-state index in [9.17, 15) is 0 Å². The Kier molecular flexibility index (Phi) is 9.28. The first-order chi connectivity index (χ1) is 14.6. The summed E-state index contributed by atoms with van der Waals surface area (Å²) in [7, 11) is 12.7. The molecule has 5 heteroatoms. The van der Waals surface area contributed by atoms with Gasteiger partial charge in [0.25, 0.3) is 0 Å². The third kappa shape index (κ3) is 6.12. The Morgan fingerprint density at radius 1 is 0.467 bits per heavy atom. The average molecular weight is 523 g/mol. The molecule has 0 bridgehead atoms. The third-order valence-corrected chi connectivity index (χ3v) is 9.23. The maximum absolute atomic E-state index is 4.83. The summed E-state index contributed by atoms with van der Waals surface area (Å²) in [4.78, 5) is 0. The second-order valence-electron chi connectivity index (χ2n) is 6.59. The second-order valence-corrected chi connectivity index (χ2v) is 14.7. The molecule has 0 saturated heterocycles. The van der Waals surface area contributed by atoms with Gasteiger partial charge in [-0.1, -0.05) is 84.9 Å². The van der Waals surface area contributed by atoms with Gasteiger partial charge in [0.15, 0.2) is 0 Å². The molecule has 0 aromatic heterocycles. The fourth-order valence-corrected chi connectivity index (χ4v) is 7.87. The zero-order chi connectivity index (χ0) is 21.2. The Balaban J connectivity index is 0.000000589. The minimum atomic E-state index is -1.78. The molecule has 0 spiro atoms. The van der Waals surface area contributed by atoms with Gasteiger partial charge < -0.3 is 0 Å². The van der Waals surface area contributed by atoms with Gasteiger partial charge in [0, 0.05) is 0 Å². The van der Waals surface area contributed by atoms with Crippen molar-refractivity contribution < 1.29 is 11.2 Å². The summed E-state index contributed by atoms with van der Waals surface area (Å²) >= 11 is -0.896. The van der Waals surface area contributed by atoms with E-state index in [1.54, 1.807) is 0 Å². The fraction of sp³-hybridized carbons (Fsp3) is 0.0400. The first-order valence-electron chi connectivity index (χ1n) is 9.33. The topological polar surface area (TPSA) is 0 Å². The van der Waals surface area contributed by atoms with Crippen LogP contribution in [0.5, 0.6) is 0 Å². The summed E-state index contributed by atoms with van der Waals surface area (Å²) in [5, 5.41) is 4.30. The van der Waals surface area contributed by atoms with Crippen molar-refractivity contribution in [1.29, 1.82) is 0 Å². The Hall–Kier alpha value is -1.30. The maximum Gasteiger partial charge on any atom is 0.116 e. The van der Waals surface area contributed by atoms with Crippen LogP contribution in [-0.2, 0) is 17.3 Å². The molecule has 0 aliphatic carbocycles. The van der Waals surface area contributed by atoms with Crippen LogP contribution >= 0.6 is 37.6 Å². The molecule has 0 amide bonds. The summed E-state index contributed by atoms with van der Waals surface area (Å²) < 4.78 is 0. The van der Waals surface area contributed by atoms with E-state index in [1.807, 2.05) is 0 Å². The summed E-state index contributed by atoms with van der Waals surface area (Å²) in [6.07, 6.45) is 1.03. The van der Waals surface area contributed by atoms with E-state index < -0.39 is 18.4 Å². The van der Waals surface area contributed by atoms with E-state index in [2.05, 4.69) is 121 Å². The molecular formula is C25H22Cl3CuP. The van der Waals surface area contributed by atoms with Gasteiger partial charge in [0.1, 0.15) is 23.2 Å². The molecule has 0 aliphatic heterocycles. The van der Waals surface area contributed by atoms with Gasteiger partial charge in [-0.05, 0) is 42.0 Å². The molecule has 0 atom stereocenters. The predicted molar refractivity (Wildman–Crippen MR) is 133 cm³/mol. The smallest absolute Gasteiger partial charge is 0.0622 e. The fourth-order valence-electron chi connectivity index (χ4n) is 3.63. The minimum absolute atomic E-state index is 0.896. The standard InChI is InChI=1S/C25H22P.3ClH.Cu/c1-5-13-22(14-6-1)21-26(23-15-7-2-8-16-23,24-17-9-3-10-18-24)25-19-11-4-12-20-25;;;;/h1-20H,21H2;3*1H;/q+1;;;;+2/p-3. The van der Waals surface area contributed by atoms with Gasteiger partial charge in [-0.25, -0.2) is 0 Å². The Morgan fingerprint density at radius 2 is 0.733 bits per heavy atom. The molecule has 0 radical (unpaired) electrons. The van der Waals surface area contributed by atoms with Crippen molar-refractivity contribution >= 4 is 53.5 Å². The van der Waals surface area contributed by atoms with E-state index in [-0.39, 0.29) is 0 Å². The number of rotatable bonds is 5. The molecule has 30 heavy (non-hydrogen) atoms. The van der Waals surface area contributed by atoms with Crippen LogP contribution in [0.2, 0.25) is 0 Å². The Labute approximate surface area is 196 Å². The quantitative estimate of drug-likeness (QED) is 0.191. The van der Waals surface area contributed by atoms with Crippen LogP contribution in [-0.4, -0.2) is 0 Å². The van der Waals surface area contributed by atoms with Gasteiger partial charge in [-0.2, -0.15) is 0 Å². The molecule has 4 aromatic carbocycles. The first kappa shape index (κ1) is 23.4. The number of hydrogen-bond acceptors (Lipinski definition) is 0. The molecule has 0 fully saturated rings. The molecular weight excluding hydrogens is 501 g/mol. The van der Waals surface area contributed by atoms with E-state index >= 15 is 0 Å². The molecule has 4 rings (SSSR count). The first-order valence-corrected chi connectivity index (χ1v) is 15.2. The normalized spacial score (nSPS) is 11.2. The number of halogens is 3. The summed E-state index contributed by atoms with van der Waals surface area (Å²) in [5.41, 5.74) is 1.39. The zero-order valence-electron chi connectivity index (χ0n) is 16.1. The molecule has 0 N–H and O–H groups in total. The largest absolute Gasteiger partial charge is 0.116 e. The molecule has 0 nitrogen and oxygen atoms in total. The molecule has 0 saturated carbocycles.